The Morgan fingerprint density at radius 2 is 2.35 bits per heavy atom. The maximum Gasteiger partial charge on any atom is 0.220 e. The summed E-state index contributed by atoms with van der Waals surface area (Å²) >= 11 is 0. The van der Waals surface area contributed by atoms with Crippen LogP contribution in [0, 0.1) is 5.92 Å². The minimum Gasteiger partial charge on any atom is -0.385 e. The summed E-state index contributed by atoms with van der Waals surface area (Å²) in [6, 6.07) is 0. The van der Waals surface area contributed by atoms with Crippen LogP contribution in [-0.2, 0) is 9.53 Å². The lowest BCUT2D eigenvalue weighted by Crippen LogP contribution is -2.31. The Morgan fingerprint density at radius 1 is 1.47 bits per heavy atom. The van der Waals surface area contributed by atoms with E-state index in [0.717, 1.165) is 45.5 Å². The second kappa shape index (κ2) is 9.42. The Bertz CT molecular complexity index is 204. The van der Waals surface area contributed by atoms with Gasteiger partial charge in [0, 0.05) is 26.7 Å². The molecule has 0 spiro atoms. The highest BCUT2D eigenvalue weighted by Gasteiger charge is 2.13. The molecule has 100 valence electrons. The average molecular weight is 242 g/mol. The molecule has 4 heteroatoms. The summed E-state index contributed by atoms with van der Waals surface area (Å²) in [5, 5.41) is 6.35. The number of carbonyl (C=O) groups excluding carboxylic acids is 1. The molecule has 2 N–H and O–H groups in total. The highest BCUT2D eigenvalue weighted by Crippen LogP contribution is 2.15. The molecule has 0 aromatic heterocycles. The summed E-state index contributed by atoms with van der Waals surface area (Å²) in [5.41, 5.74) is 0. The van der Waals surface area contributed by atoms with Gasteiger partial charge in [0.1, 0.15) is 0 Å². The number of methoxy groups -OCH3 is 1. The van der Waals surface area contributed by atoms with E-state index < -0.39 is 0 Å². The predicted molar refractivity (Wildman–Crippen MR) is 68.9 cm³/mol. The molecule has 1 heterocycles. The van der Waals surface area contributed by atoms with Gasteiger partial charge in [-0.3, -0.25) is 4.79 Å². The maximum absolute atomic E-state index is 11.6. The number of ether oxygens (including phenoxy) is 1. The molecular formula is C13H26N2O2. The van der Waals surface area contributed by atoms with Gasteiger partial charge in [0.25, 0.3) is 0 Å². The van der Waals surface area contributed by atoms with Crippen molar-refractivity contribution in [2.75, 3.05) is 33.4 Å². The normalized spacial score (nSPS) is 20.2. The molecule has 1 unspecified atom stereocenters. The van der Waals surface area contributed by atoms with Crippen LogP contribution >= 0.6 is 0 Å². The standard InChI is InChI=1S/C13H26N2O2/c1-17-10-3-2-9-15-13(16)7-6-12-5-4-8-14-11-12/h12,14H,2-11H2,1H3,(H,15,16). The van der Waals surface area contributed by atoms with Crippen molar-refractivity contribution in [1.29, 1.82) is 0 Å². The fourth-order valence-corrected chi connectivity index (χ4v) is 2.19. The number of unbranched alkanes of at least 4 members (excludes halogenated alkanes) is 1. The third-order valence-electron chi connectivity index (χ3n) is 3.28. The molecule has 1 fully saturated rings. The van der Waals surface area contributed by atoms with E-state index >= 15 is 0 Å². The van der Waals surface area contributed by atoms with E-state index in [9.17, 15) is 4.79 Å². The Morgan fingerprint density at radius 3 is 3.06 bits per heavy atom. The van der Waals surface area contributed by atoms with Gasteiger partial charge >= 0.3 is 0 Å². The van der Waals surface area contributed by atoms with Gasteiger partial charge in [0.05, 0.1) is 0 Å². The van der Waals surface area contributed by atoms with Gasteiger partial charge in [-0.2, -0.15) is 0 Å². The van der Waals surface area contributed by atoms with Gasteiger partial charge in [-0.25, -0.2) is 0 Å². The molecule has 0 aromatic rings. The summed E-state index contributed by atoms with van der Waals surface area (Å²) in [7, 11) is 1.71. The van der Waals surface area contributed by atoms with Crippen molar-refractivity contribution < 1.29 is 9.53 Å². The van der Waals surface area contributed by atoms with Crippen LogP contribution < -0.4 is 10.6 Å². The molecule has 1 aliphatic heterocycles. The molecule has 4 nitrogen and oxygen atoms in total. The molecule has 1 aliphatic rings. The van der Waals surface area contributed by atoms with Gasteiger partial charge in [0.15, 0.2) is 0 Å². The Labute approximate surface area is 104 Å². The van der Waals surface area contributed by atoms with E-state index in [1.807, 2.05) is 0 Å². The number of hydrogen-bond donors (Lipinski definition) is 2. The van der Waals surface area contributed by atoms with E-state index in [-0.39, 0.29) is 5.91 Å². The smallest absolute Gasteiger partial charge is 0.220 e. The van der Waals surface area contributed by atoms with Gasteiger partial charge in [0.2, 0.25) is 5.91 Å². The SMILES string of the molecule is COCCCCNC(=O)CCC1CCCNC1. The number of amides is 1. The van der Waals surface area contributed by atoms with Crippen LogP contribution in [-0.4, -0.2) is 39.3 Å². The third-order valence-corrected chi connectivity index (χ3v) is 3.28. The summed E-state index contributed by atoms with van der Waals surface area (Å²) < 4.78 is 4.96. The van der Waals surface area contributed by atoms with Crippen LogP contribution in [0.1, 0.15) is 38.5 Å². The Balaban J connectivity index is 1.93. The maximum atomic E-state index is 11.6. The fraction of sp³-hybridized carbons (Fsp3) is 0.923. The van der Waals surface area contributed by atoms with Crippen molar-refractivity contribution in [2.45, 2.75) is 38.5 Å². The largest absolute Gasteiger partial charge is 0.385 e. The second-order valence-corrected chi connectivity index (χ2v) is 4.80. The first-order valence-electron chi connectivity index (χ1n) is 6.79. The van der Waals surface area contributed by atoms with E-state index in [0.29, 0.717) is 12.3 Å². The van der Waals surface area contributed by atoms with Crippen molar-refractivity contribution in [3.05, 3.63) is 0 Å². The zero-order valence-corrected chi connectivity index (χ0v) is 11.0. The fourth-order valence-electron chi connectivity index (χ4n) is 2.19. The van der Waals surface area contributed by atoms with Crippen molar-refractivity contribution in [3.63, 3.8) is 0 Å². The van der Waals surface area contributed by atoms with Crippen LogP contribution in [0.4, 0.5) is 0 Å². The first kappa shape index (κ1) is 14.5. The molecule has 0 aromatic carbocycles. The van der Waals surface area contributed by atoms with E-state index in [2.05, 4.69) is 10.6 Å². The summed E-state index contributed by atoms with van der Waals surface area (Å²) in [5.74, 6) is 0.899. The third kappa shape index (κ3) is 7.34. The molecule has 1 atom stereocenters. The van der Waals surface area contributed by atoms with Gasteiger partial charge in [-0.15, -0.1) is 0 Å². The first-order chi connectivity index (χ1) is 8.33. The first-order valence-corrected chi connectivity index (χ1v) is 6.79. The second-order valence-electron chi connectivity index (χ2n) is 4.80. The molecule has 1 amide bonds. The molecule has 0 saturated carbocycles. The molecule has 1 rings (SSSR count). The van der Waals surface area contributed by atoms with Gasteiger partial charge in [-0.1, -0.05) is 0 Å². The van der Waals surface area contributed by atoms with Crippen LogP contribution in [0.5, 0.6) is 0 Å². The van der Waals surface area contributed by atoms with Crippen LogP contribution in [0.3, 0.4) is 0 Å². The van der Waals surface area contributed by atoms with Crippen LogP contribution in [0.2, 0.25) is 0 Å². The number of rotatable bonds is 8. The topological polar surface area (TPSA) is 50.4 Å². The van der Waals surface area contributed by atoms with Crippen molar-refractivity contribution in [1.82, 2.24) is 10.6 Å². The number of piperidine rings is 1. The molecular weight excluding hydrogens is 216 g/mol. The Kier molecular flexibility index (Phi) is 8.01. The van der Waals surface area contributed by atoms with E-state index in [1.165, 1.54) is 12.8 Å². The van der Waals surface area contributed by atoms with Crippen LogP contribution in [0.25, 0.3) is 0 Å². The molecule has 17 heavy (non-hydrogen) atoms. The Hall–Kier alpha value is -0.610. The number of nitrogens with one attached hydrogen (secondary N) is 2. The van der Waals surface area contributed by atoms with Gasteiger partial charge < -0.3 is 15.4 Å². The van der Waals surface area contributed by atoms with Crippen LogP contribution in [0.15, 0.2) is 0 Å². The quantitative estimate of drug-likeness (QED) is 0.631. The van der Waals surface area contributed by atoms with E-state index in [1.54, 1.807) is 7.11 Å². The minimum absolute atomic E-state index is 0.202. The number of carbonyl (C=O) groups is 1. The molecule has 0 bridgehead atoms. The summed E-state index contributed by atoms with van der Waals surface area (Å²) in [6.07, 6.45) is 6.25. The van der Waals surface area contributed by atoms with E-state index in [4.69, 9.17) is 4.74 Å². The minimum atomic E-state index is 0.202. The van der Waals surface area contributed by atoms with Crippen molar-refractivity contribution in [2.24, 2.45) is 5.92 Å². The molecule has 0 radical (unpaired) electrons. The molecule has 0 aliphatic carbocycles. The number of hydrogen-bond acceptors (Lipinski definition) is 3. The lowest BCUT2D eigenvalue weighted by molar-refractivity contribution is -0.121. The summed E-state index contributed by atoms with van der Waals surface area (Å²) in [6.45, 7) is 3.79. The summed E-state index contributed by atoms with van der Waals surface area (Å²) in [4.78, 5) is 11.6. The zero-order valence-electron chi connectivity index (χ0n) is 11.0. The lowest BCUT2D eigenvalue weighted by atomic mass is 9.94. The predicted octanol–water partition coefficient (Wildman–Crippen LogP) is 1.31. The lowest BCUT2D eigenvalue weighted by Gasteiger charge is -2.22. The van der Waals surface area contributed by atoms with Gasteiger partial charge in [-0.05, 0) is 51.1 Å². The average Bonchev–Trinajstić information content (AvgIpc) is 2.37. The van der Waals surface area contributed by atoms with Crippen molar-refractivity contribution >= 4 is 5.91 Å². The highest BCUT2D eigenvalue weighted by molar-refractivity contribution is 5.75. The zero-order chi connectivity index (χ0) is 12.3. The monoisotopic (exact) mass is 242 g/mol. The van der Waals surface area contributed by atoms with Crippen molar-refractivity contribution in [3.8, 4) is 0 Å². The highest BCUT2D eigenvalue weighted by atomic mass is 16.5. The molecule has 1 saturated heterocycles.